The van der Waals surface area contributed by atoms with Crippen molar-refractivity contribution in [3.8, 4) is 0 Å². The number of hydrogen-bond donors (Lipinski definition) is 2. The Labute approximate surface area is 84.1 Å². The normalized spacial score (nSPS) is 9.93. The number of benzene rings is 1. The predicted octanol–water partition coefficient (Wildman–Crippen LogP) is 1.28. The van der Waals surface area contributed by atoms with Crippen LogP contribution in [0, 0.1) is 11.6 Å². The second kappa shape index (κ2) is 4.88. The molecule has 0 bridgehead atoms. The highest BCUT2D eigenvalue weighted by Gasteiger charge is 2.08. The van der Waals surface area contributed by atoms with Crippen LogP contribution in [0.25, 0.3) is 0 Å². The fourth-order valence-electron chi connectivity index (χ4n) is 0.935. The van der Waals surface area contributed by atoms with Gasteiger partial charge in [-0.25, -0.2) is 8.78 Å². The molecule has 6 heteroatoms. The van der Waals surface area contributed by atoms with Gasteiger partial charge < -0.3 is 0 Å². The lowest BCUT2D eigenvalue weighted by atomic mass is 10.1. The zero-order valence-electron chi connectivity index (χ0n) is 6.98. The molecule has 1 amide bonds. The zero-order valence-corrected chi connectivity index (χ0v) is 7.74. The third kappa shape index (κ3) is 2.93. The molecule has 0 heterocycles. The molecule has 3 nitrogen and oxygen atoms in total. The summed E-state index contributed by atoms with van der Waals surface area (Å²) in [5, 5.41) is 0. The Bertz CT molecular complexity index is 346. The average Bonchev–Trinajstić information content (AvgIpc) is 2.10. The summed E-state index contributed by atoms with van der Waals surface area (Å²) in [6.45, 7) is 0. The van der Waals surface area contributed by atoms with Crippen LogP contribution >= 0.6 is 11.8 Å². The molecule has 0 saturated heterocycles. The molecule has 0 radical (unpaired) electrons. The summed E-state index contributed by atoms with van der Waals surface area (Å²) in [5.74, 6) is -1.94. The molecule has 0 saturated carbocycles. The first-order valence-electron chi connectivity index (χ1n) is 3.72. The summed E-state index contributed by atoms with van der Waals surface area (Å²) >= 11 is 4.99. The standard InChI is InChI=1S/C8H7ClF2N2O/c9-13-12-8(14)3-5-1-2-6(10)4-7(5)11/h1-2,4,13H,3H2,(H,12,14). The first-order valence-corrected chi connectivity index (χ1v) is 4.09. The molecule has 0 atom stereocenters. The molecular formula is C8H7ClF2N2O. The first kappa shape index (κ1) is 10.9. The van der Waals surface area contributed by atoms with Crippen molar-refractivity contribution in [1.29, 1.82) is 0 Å². The van der Waals surface area contributed by atoms with Crippen LogP contribution in [0.15, 0.2) is 18.2 Å². The van der Waals surface area contributed by atoms with Crippen LogP contribution < -0.4 is 10.4 Å². The van der Waals surface area contributed by atoms with E-state index in [2.05, 4.69) is 5.43 Å². The molecule has 1 rings (SSSR count). The van der Waals surface area contributed by atoms with Gasteiger partial charge in [-0.2, -0.15) is 0 Å². The zero-order chi connectivity index (χ0) is 10.6. The minimum Gasteiger partial charge on any atom is -0.277 e. The fraction of sp³-hybridized carbons (Fsp3) is 0.125. The number of nitrogens with one attached hydrogen (secondary N) is 2. The van der Waals surface area contributed by atoms with Crippen LogP contribution in [-0.2, 0) is 11.2 Å². The molecule has 0 unspecified atom stereocenters. The minimum absolute atomic E-state index is 0.107. The molecule has 0 aliphatic heterocycles. The van der Waals surface area contributed by atoms with Crippen LogP contribution in [0.4, 0.5) is 8.78 Å². The second-order valence-corrected chi connectivity index (χ2v) is 2.74. The van der Waals surface area contributed by atoms with E-state index in [9.17, 15) is 13.6 Å². The SMILES string of the molecule is O=C(Cc1ccc(F)cc1F)NNCl. The van der Waals surface area contributed by atoms with Gasteiger partial charge in [-0.15, -0.1) is 4.94 Å². The number of hydrogen-bond acceptors (Lipinski definition) is 2. The van der Waals surface area contributed by atoms with Crippen molar-refractivity contribution in [2.45, 2.75) is 6.42 Å². The summed E-state index contributed by atoms with van der Waals surface area (Å²) in [5.41, 5.74) is 2.16. The van der Waals surface area contributed by atoms with E-state index >= 15 is 0 Å². The number of carbonyl (C=O) groups is 1. The maximum absolute atomic E-state index is 13.0. The molecule has 0 fully saturated rings. The van der Waals surface area contributed by atoms with E-state index in [-0.39, 0.29) is 12.0 Å². The van der Waals surface area contributed by atoms with Gasteiger partial charge in [0.15, 0.2) is 0 Å². The third-order valence-electron chi connectivity index (χ3n) is 1.55. The van der Waals surface area contributed by atoms with Crippen LogP contribution in [0.2, 0.25) is 0 Å². The largest absolute Gasteiger partial charge is 0.277 e. The van der Waals surface area contributed by atoms with E-state index in [1.54, 1.807) is 0 Å². The maximum Gasteiger partial charge on any atom is 0.239 e. The Morgan fingerprint density at radius 1 is 1.43 bits per heavy atom. The summed E-state index contributed by atoms with van der Waals surface area (Å²) in [6, 6.07) is 3.01. The predicted molar refractivity (Wildman–Crippen MR) is 47.2 cm³/mol. The van der Waals surface area contributed by atoms with Gasteiger partial charge in [0.05, 0.1) is 6.42 Å². The third-order valence-corrected chi connectivity index (χ3v) is 1.65. The Morgan fingerprint density at radius 2 is 2.14 bits per heavy atom. The molecule has 1 aromatic rings. The summed E-state index contributed by atoms with van der Waals surface area (Å²) in [4.78, 5) is 12.8. The molecule has 0 spiro atoms. The van der Waals surface area contributed by atoms with Crippen molar-refractivity contribution in [1.82, 2.24) is 10.4 Å². The van der Waals surface area contributed by atoms with E-state index in [4.69, 9.17) is 11.8 Å². The Hall–Kier alpha value is -1.20. The smallest absolute Gasteiger partial charge is 0.239 e. The van der Waals surface area contributed by atoms with Crippen molar-refractivity contribution in [2.75, 3.05) is 0 Å². The summed E-state index contributed by atoms with van der Waals surface area (Å²) in [7, 11) is 0. The molecule has 0 aliphatic rings. The van der Waals surface area contributed by atoms with E-state index in [0.717, 1.165) is 12.1 Å². The molecule has 1 aromatic carbocycles. The topological polar surface area (TPSA) is 41.1 Å². The van der Waals surface area contributed by atoms with Crippen molar-refractivity contribution in [3.05, 3.63) is 35.4 Å². The van der Waals surface area contributed by atoms with E-state index in [1.807, 2.05) is 4.94 Å². The van der Waals surface area contributed by atoms with E-state index < -0.39 is 17.5 Å². The van der Waals surface area contributed by atoms with Gasteiger partial charge in [0, 0.05) is 6.07 Å². The number of carbonyl (C=O) groups excluding carboxylic acids is 1. The number of hydrazine groups is 1. The Balaban J connectivity index is 2.72. The molecule has 14 heavy (non-hydrogen) atoms. The molecule has 2 N–H and O–H groups in total. The highest BCUT2D eigenvalue weighted by Crippen LogP contribution is 2.09. The molecular weight excluding hydrogens is 214 g/mol. The van der Waals surface area contributed by atoms with Crippen LogP contribution in [0.5, 0.6) is 0 Å². The van der Waals surface area contributed by atoms with Crippen molar-refractivity contribution >= 4 is 17.7 Å². The lowest BCUT2D eigenvalue weighted by Crippen LogP contribution is -2.32. The van der Waals surface area contributed by atoms with Gasteiger partial charge in [-0.1, -0.05) is 6.07 Å². The lowest BCUT2D eigenvalue weighted by molar-refractivity contribution is -0.120. The van der Waals surface area contributed by atoms with Gasteiger partial charge in [-0.3, -0.25) is 10.2 Å². The molecule has 76 valence electrons. The fourth-order valence-corrected chi connectivity index (χ4v) is 1.04. The maximum atomic E-state index is 13.0. The monoisotopic (exact) mass is 220 g/mol. The quantitative estimate of drug-likeness (QED) is 0.595. The molecule has 0 aromatic heterocycles. The minimum atomic E-state index is -0.755. The molecule has 0 aliphatic carbocycles. The lowest BCUT2D eigenvalue weighted by Gasteiger charge is -2.03. The van der Waals surface area contributed by atoms with E-state index in [0.29, 0.717) is 0 Å². The van der Waals surface area contributed by atoms with Crippen molar-refractivity contribution < 1.29 is 13.6 Å². The van der Waals surface area contributed by atoms with Gasteiger partial charge in [0.25, 0.3) is 0 Å². The Morgan fingerprint density at radius 3 is 2.71 bits per heavy atom. The van der Waals surface area contributed by atoms with Gasteiger partial charge in [0.2, 0.25) is 5.91 Å². The second-order valence-electron chi connectivity index (χ2n) is 2.56. The van der Waals surface area contributed by atoms with Gasteiger partial charge >= 0.3 is 0 Å². The van der Waals surface area contributed by atoms with E-state index in [1.165, 1.54) is 6.07 Å². The van der Waals surface area contributed by atoms with Crippen LogP contribution in [0.3, 0.4) is 0 Å². The van der Waals surface area contributed by atoms with Crippen LogP contribution in [-0.4, -0.2) is 5.91 Å². The van der Waals surface area contributed by atoms with Crippen LogP contribution in [0.1, 0.15) is 5.56 Å². The highest BCUT2D eigenvalue weighted by molar-refractivity contribution is 6.13. The average molecular weight is 221 g/mol. The summed E-state index contributed by atoms with van der Waals surface area (Å²) < 4.78 is 25.4. The Kier molecular flexibility index (Phi) is 3.79. The number of amides is 1. The number of rotatable bonds is 3. The highest BCUT2D eigenvalue weighted by atomic mass is 35.5. The number of halogens is 3. The summed E-state index contributed by atoms with van der Waals surface area (Å²) in [6.07, 6.45) is -0.203. The van der Waals surface area contributed by atoms with Crippen molar-refractivity contribution in [3.63, 3.8) is 0 Å². The van der Waals surface area contributed by atoms with Crippen molar-refractivity contribution in [2.24, 2.45) is 0 Å². The van der Waals surface area contributed by atoms with Gasteiger partial charge in [-0.05, 0) is 23.4 Å². The first-order chi connectivity index (χ1) is 6.63. The van der Waals surface area contributed by atoms with Gasteiger partial charge in [0.1, 0.15) is 11.6 Å².